The van der Waals surface area contributed by atoms with Gasteiger partial charge in [-0.05, 0) is 18.7 Å². The Morgan fingerprint density at radius 3 is 2.50 bits per heavy atom. The third kappa shape index (κ3) is 3.98. The van der Waals surface area contributed by atoms with Crippen molar-refractivity contribution in [3.8, 4) is 0 Å². The van der Waals surface area contributed by atoms with Crippen molar-refractivity contribution >= 4 is 12.0 Å². The number of likely N-dealkylation sites (N-methyl/N-ethyl adjacent to an activating group) is 1. The lowest BCUT2D eigenvalue weighted by molar-refractivity contribution is -0.190. The minimum atomic E-state index is -0.316. The van der Waals surface area contributed by atoms with Gasteiger partial charge in [0.2, 0.25) is 0 Å². The van der Waals surface area contributed by atoms with E-state index in [4.69, 9.17) is 4.84 Å². The molecular weight excluding hydrogens is 228 g/mol. The molecule has 2 rings (SSSR count). The van der Waals surface area contributed by atoms with Crippen LogP contribution in [-0.2, 0) is 9.63 Å². The lowest BCUT2D eigenvalue weighted by atomic mass is 10.2. The van der Waals surface area contributed by atoms with E-state index >= 15 is 0 Å². The predicted molar refractivity (Wildman–Crippen MR) is 70.6 cm³/mol. The number of carbonyl (C=O) groups excluding carboxylic acids is 1. The predicted octanol–water partition coefficient (Wildman–Crippen LogP) is 1.41. The van der Waals surface area contributed by atoms with Gasteiger partial charge in [0.25, 0.3) is 0 Å². The molecule has 0 aromatic heterocycles. The van der Waals surface area contributed by atoms with Gasteiger partial charge < -0.3 is 9.74 Å². The number of carbonyl (C=O) groups is 1. The molecule has 1 aliphatic rings. The lowest BCUT2D eigenvalue weighted by Crippen LogP contribution is -2.44. The van der Waals surface area contributed by atoms with Crippen LogP contribution in [-0.4, -0.2) is 49.2 Å². The Kier molecular flexibility index (Phi) is 4.50. The topological polar surface area (TPSA) is 32.8 Å². The fourth-order valence-corrected chi connectivity index (χ4v) is 1.77. The molecule has 1 aromatic rings. The quantitative estimate of drug-likeness (QED) is 0.755. The number of nitrogens with zero attached hydrogens (tertiary/aromatic N) is 2. The normalized spacial score (nSPS) is 18.1. The van der Waals surface area contributed by atoms with Gasteiger partial charge in [-0.3, -0.25) is 0 Å². The summed E-state index contributed by atoms with van der Waals surface area (Å²) in [4.78, 5) is 19.1. The van der Waals surface area contributed by atoms with Gasteiger partial charge in [0, 0.05) is 32.3 Å². The van der Waals surface area contributed by atoms with Crippen molar-refractivity contribution in [1.82, 2.24) is 9.96 Å². The van der Waals surface area contributed by atoms with E-state index in [2.05, 4.69) is 11.9 Å². The second-order valence-electron chi connectivity index (χ2n) is 4.39. The zero-order chi connectivity index (χ0) is 12.8. The molecule has 0 unspecified atom stereocenters. The van der Waals surface area contributed by atoms with Crippen LogP contribution in [0.5, 0.6) is 0 Å². The minimum Gasteiger partial charge on any atom is -0.364 e. The van der Waals surface area contributed by atoms with E-state index in [1.54, 1.807) is 11.1 Å². The zero-order valence-corrected chi connectivity index (χ0v) is 10.6. The first-order valence-electron chi connectivity index (χ1n) is 6.12. The summed E-state index contributed by atoms with van der Waals surface area (Å²) in [6, 6.07) is 9.70. The number of hydrogen-bond donors (Lipinski definition) is 0. The molecule has 4 nitrogen and oxygen atoms in total. The van der Waals surface area contributed by atoms with Crippen LogP contribution in [0.4, 0.5) is 0 Å². The van der Waals surface area contributed by atoms with E-state index in [1.807, 2.05) is 30.3 Å². The monoisotopic (exact) mass is 246 g/mol. The summed E-state index contributed by atoms with van der Waals surface area (Å²) in [7, 11) is 2.06. The molecule has 0 spiro atoms. The van der Waals surface area contributed by atoms with Gasteiger partial charge in [-0.1, -0.05) is 30.3 Å². The molecule has 0 radical (unpaired) electrons. The van der Waals surface area contributed by atoms with Crippen LogP contribution in [0, 0.1) is 0 Å². The van der Waals surface area contributed by atoms with Crippen molar-refractivity contribution < 1.29 is 9.63 Å². The number of hydrogen-bond acceptors (Lipinski definition) is 4. The third-order valence-corrected chi connectivity index (χ3v) is 2.89. The molecule has 96 valence electrons. The van der Waals surface area contributed by atoms with Crippen molar-refractivity contribution in [3.63, 3.8) is 0 Å². The second-order valence-corrected chi connectivity index (χ2v) is 4.39. The Labute approximate surface area is 107 Å². The molecule has 1 aliphatic heterocycles. The summed E-state index contributed by atoms with van der Waals surface area (Å²) in [5.41, 5.74) is 0.993. The largest absolute Gasteiger partial charge is 0.364 e. The summed E-state index contributed by atoms with van der Waals surface area (Å²) in [5, 5.41) is 1.72. The van der Waals surface area contributed by atoms with Crippen LogP contribution in [0.3, 0.4) is 0 Å². The number of rotatable bonds is 3. The fraction of sp³-hybridized carbons (Fsp3) is 0.357. The molecule has 0 N–H and O–H groups in total. The van der Waals surface area contributed by atoms with Gasteiger partial charge in [0.15, 0.2) is 0 Å². The summed E-state index contributed by atoms with van der Waals surface area (Å²) in [6.45, 7) is 3.38. The van der Waals surface area contributed by atoms with Crippen LogP contribution in [0.2, 0.25) is 0 Å². The SMILES string of the molecule is CN1CCN(OC(=O)C=Cc2ccccc2)CC1. The van der Waals surface area contributed by atoms with Crippen LogP contribution in [0.15, 0.2) is 36.4 Å². The highest BCUT2D eigenvalue weighted by molar-refractivity contribution is 5.86. The van der Waals surface area contributed by atoms with E-state index in [9.17, 15) is 4.79 Å². The van der Waals surface area contributed by atoms with Gasteiger partial charge >= 0.3 is 5.97 Å². The van der Waals surface area contributed by atoms with E-state index < -0.39 is 0 Å². The molecule has 0 amide bonds. The Morgan fingerprint density at radius 1 is 1.17 bits per heavy atom. The van der Waals surface area contributed by atoms with Gasteiger partial charge in [-0.25, -0.2) is 4.79 Å². The number of piperazine rings is 1. The zero-order valence-electron chi connectivity index (χ0n) is 10.6. The first-order valence-corrected chi connectivity index (χ1v) is 6.12. The molecule has 0 atom stereocenters. The van der Waals surface area contributed by atoms with E-state index in [0.29, 0.717) is 0 Å². The highest BCUT2D eigenvalue weighted by Crippen LogP contribution is 2.03. The van der Waals surface area contributed by atoms with Crippen LogP contribution >= 0.6 is 0 Å². The van der Waals surface area contributed by atoms with Gasteiger partial charge in [-0.2, -0.15) is 0 Å². The fourth-order valence-electron chi connectivity index (χ4n) is 1.77. The molecule has 0 saturated carbocycles. The summed E-state index contributed by atoms with van der Waals surface area (Å²) in [5.74, 6) is -0.316. The smallest absolute Gasteiger partial charge is 0.349 e. The summed E-state index contributed by atoms with van der Waals surface area (Å²) < 4.78 is 0. The third-order valence-electron chi connectivity index (χ3n) is 2.89. The van der Waals surface area contributed by atoms with Crippen molar-refractivity contribution in [2.45, 2.75) is 0 Å². The first kappa shape index (κ1) is 12.8. The Bertz CT molecular complexity index is 409. The molecule has 1 saturated heterocycles. The van der Waals surface area contributed by atoms with Gasteiger partial charge in [-0.15, -0.1) is 5.06 Å². The van der Waals surface area contributed by atoms with E-state index in [1.165, 1.54) is 6.08 Å². The van der Waals surface area contributed by atoms with Gasteiger partial charge in [0.1, 0.15) is 0 Å². The number of benzene rings is 1. The molecule has 0 aliphatic carbocycles. The molecule has 18 heavy (non-hydrogen) atoms. The molecular formula is C14H18N2O2. The molecule has 1 aromatic carbocycles. The second kappa shape index (κ2) is 6.33. The highest BCUT2D eigenvalue weighted by Gasteiger charge is 2.16. The van der Waals surface area contributed by atoms with Crippen LogP contribution in [0.25, 0.3) is 6.08 Å². The van der Waals surface area contributed by atoms with Crippen molar-refractivity contribution in [3.05, 3.63) is 42.0 Å². The summed E-state index contributed by atoms with van der Waals surface area (Å²) in [6.07, 6.45) is 3.23. The Hall–Kier alpha value is -1.65. The lowest BCUT2D eigenvalue weighted by Gasteiger charge is -2.30. The van der Waals surface area contributed by atoms with Crippen LogP contribution in [0.1, 0.15) is 5.56 Å². The van der Waals surface area contributed by atoms with Gasteiger partial charge in [0.05, 0.1) is 0 Å². The first-order chi connectivity index (χ1) is 8.74. The average Bonchev–Trinajstić information content (AvgIpc) is 2.40. The minimum absolute atomic E-state index is 0.316. The maximum Gasteiger partial charge on any atom is 0.349 e. The molecule has 4 heteroatoms. The average molecular weight is 246 g/mol. The van der Waals surface area contributed by atoms with Crippen molar-refractivity contribution in [2.75, 3.05) is 33.2 Å². The van der Waals surface area contributed by atoms with E-state index in [-0.39, 0.29) is 5.97 Å². The summed E-state index contributed by atoms with van der Waals surface area (Å²) >= 11 is 0. The highest BCUT2D eigenvalue weighted by atomic mass is 16.7. The number of hydroxylamine groups is 2. The maximum absolute atomic E-state index is 11.6. The van der Waals surface area contributed by atoms with Crippen molar-refractivity contribution in [1.29, 1.82) is 0 Å². The molecule has 1 heterocycles. The van der Waals surface area contributed by atoms with Crippen LogP contribution < -0.4 is 0 Å². The van der Waals surface area contributed by atoms with Crippen molar-refractivity contribution in [2.24, 2.45) is 0 Å². The standard InChI is InChI=1S/C14H18N2O2/c1-15-9-11-16(12-10-15)18-14(17)8-7-13-5-3-2-4-6-13/h2-8H,9-12H2,1H3. The maximum atomic E-state index is 11.6. The van der Waals surface area contributed by atoms with E-state index in [0.717, 1.165) is 31.7 Å². The Morgan fingerprint density at radius 2 is 1.83 bits per heavy atom. The molecule has 0 bridgehead atoms. The molecule has 1 fully saturated rings. The Balaban J connectivity index is 1.80.